The van der Waals surface area contributed by atoms with Gasteiger partial charge in [-0.05, 0) is 12.3 Å². The predicted octanol–water partition coefficient (Wildman–Crippen LogP) is 1.06. The van der Waals surface area contributed by atoms with Gasteiger partial charge in [0.2, 0.25) is 0 Å². The Morgan fingerprint density at radius 2 is 2.40 bits per heavy atom. The van der Waals surface area contributed by atoms with Crippen LogP contribution in [0.2, 0.25) is 5.15 Å². The fourth-order valence-electron chi connectivity index (χ4n) is 1.19. The molecule has 1 aliphatic carbocycles. The number of rotatable bonds is 4. The topological polar surface area (TPSA) is 72.0 Å². The third-order valence-electron chi connectivity index (χ3n) is 2.36. The molecule has 0 spiro atoms. The number of aliphatic hydroxyl groups is 1. The molecule has 1 aromatic rings. The van der Waals surface area contributed by atoms with Crippen LogP contribution in [-0.4, -0.2) is 26.9 Å². The molecule has 0 aliphatic heterocycles. The lowest BCUT2D eigenvalue weighted by Gasteiger charge is -2.02. The highest BCUT2D eigenvalue weighted by atomic mass is 35.5. The van der Waals surface area contributed by atoms with Crippen LogP contribution < -0.4 is 5.73 Å². The summed E-state index contributed by atoms with van der Waals surface area (Å²) in [7, 11) is 0. The van der Waals surface area contributed by atoms with Gasteiger partial charge < -0.3 is 10.8 Å². The minimum absolute atomic E-state index is 0.128. The second-order valence-corrected chi connectivity index (χ2v) is 4.94. The average molecular weight is 246 g/mol. The Morgan fingerprint density at radius 3 is 2.93 bits per heavy atom. The number of aliphatic hydroxyl groups excluding tert-OH is 1. The molecule has 2 rings (SSSR count). The molecule has 0 radical (unpaired) electrons. The van der Waals surface area contributed by atoms with E-state index >= 15 is 0 Å². The van der Waals surface area contributed by atoms with Crippen LogP contribution in [0.3, 0.4) is 0 Å². The molecule has 6 heteroatoms. The number of hydrogen-bond acceptors (Lipinski definition) is 5. The van der Waals surface area contributed by atoms with E-state index in [4.69, 9.17) is 22.4 Å². The predicted molar refractivity (Wildman–Crippen MR) is 59.8 cm³/mol. The molecule has 0 bridgehead atoms. The highest BCUT2D eigenvalue weighted by Crippen LogP contribution is 2.33. The van der Waals surface area contributed by atoms with E-state index in [0.717, 1.165) is 12.2 Å². The summed E-state index contributed by atoms with van der Waals surface area (Å²) in [6.07, 6.45) is 2.65. The van der Waals surface area contributed by atoms with Gasteiger partial charge >= 0.3 is 0 Å². The minimum atomic E-state index is -0.128. The van der Waals surface area contributed by atoms with Gasteiger partial charge in [-0.1, -0.05) is 23.4 Å². The molecule has 2 atom stereocenters. The van der Waals surface area contributed by atoms with Gasteiger partial charge in [0.15, 0.2) is 5.16 Å². The Balaban J connectivity index is 1.94. The fraction of sp³-hybridized carbons (Fsp3) is 0.556. The number of aromatic nitrogens is 2. The van der Waals surface area contributed by atoms with E-state index < -0.39 is 0 Å². The summed E-state index contributed by atoms with van der Waals surface area (Å²) >= 11 is 7.40. The zero-order valence-electron chi connectivity index (χ0n) is 8.06. The number of hydrogen-bond donors (Lipinski definition) is 2. The lowest BCUT2D eigenvalue weighted by atomic mass is 10.4. The van der Waals surface area contributed by atoms with Crippen LogP contribution in [0, 0.1) is 5.92 Å². The van der Waals surface area contributed by atoms with E-state index in [2.05, 4.69) is 9.97 Å². The van der Waals surface area contributed by atoms with Crippen molar-refractivity contribution in [1.29, 1.82) is 0 Å². The molecule has 1 fully saturated rings. The third-order valence-corrected chi connectivity index (χ3v) is 3.74. The summed E-state index contributed by atoms with van der Waals surface area (Å²) < 4.78 is 0. The summed E-state index contributed by atoms with van der Waals surface area (Å²) in [6, 6.07) is 0.352. The van der Waals surface area contributed by atoms with Gasteiger partial charge in [0, 0.05) is 23.6 Å². The molecule has 0 amide bonds. The second-order valence-electron chi connectivity index (χ2n) is 3.60. The van der Waals surface area contributed by atoms with Gasteiger partial charge in [-0.3, -0.25) is 0 Å². The zero-order chi connectivity index (χ0) is 10.8. The molecule has 0 aromatic carbocycles. The van der Waals surface area contributed by atoms with Gasteiger partial charge in [-0.15, -0.1) is 0 Å². The van der Waals surface area contributed by atoms with Crippen molar-refractivity contribution in [1.82, 2.24) is 9.97 Å². The van der Waals surface area contributed by atoms with Crippen molar-refractivity contribution in [2.45, 2.75) is 24.2 Å². The van der Waals surface area contributed by atoms with Crippen LogP contribution in [0.15, 0.2) is 11.4 Å². The Hall–Kier alpha value is -0.360. The van der Waals surface area contributed by atoms with Gasteiger partial charge in [0.25, 0.3) is 0 Å². The first-order valence-electron chi connectivity index (χ1n) is 4.71. The summed E-state index contributed by atoms with van der Waals surface area (Å²) in [5, 5.41) is 9.86. The van der Waals surface area contributed by atoms with Crippen LogP contribution in [0.5, 0.6) is 0 Å². The first kappa shape index (κ1) is 11.1. The van der Waals surface area contributed by atoms with Crippen molar-refractivity contribution in [2.24, 2.45) is 11.7 Å². The maximum Gasteiger partial charge on any atom is 0.188 e. The highest BCUT2D eigenvalue weighted by molar-refractivity contribution is 7.99. The van der Waals surface area contributed by atoms with Crippen molar-refractivity contribution >= 4 is 23.4 Å². The second kappa shape index (κ2) is 4.65. The lowest BCUT2D eigenvalue weighted by molar-refractivity contribution is 0.280. The molecule has 2 unspecified atom stereocenters. The fourth-order valence-corrected chi connectivity index (χ4v) is 2.46. The van der Waals surface area contributed by atoms with E-state index in [1.165, 1.54) is 0 Å². The van der Waals surface area contributed by atoms with E-state index in [1.807, 2.05) is 0 Å². The van der Waals surface area contributed by atoms with E-state index in [-0.39, 0.29) is 6.61 Å². The smallest absolute Gasteiger partial charge is 0.188 e. The summed E-state index contributed by atoms with van der Waals surface area (Å²) in [5.41, 5.74) is 6.25. The maximum atomic E-state index is 8.88. The molecule has 82 valence electrons. The van der Waals surface area contributed by atoms with Crippen molar-refractivity contribution < 1.29 is 5.11 Å². The van der Waals surface area contributed by atoms with Crippen molar-refractivity contribution in [3.05, 3.63) is 16.9 Å². The number of thioether (sulfide) groups is 1. The Bertz CT molecular complexity index is 363. The normalized spacial score (nSPS) is 24.2. The zero-order valence-corrected chi connectivity index (χ0v) is 9.63. The first-order chi connectivity index (χ1) is 7.20. The Labute approximate surface area is 97.3 Å². The highest BCUT2D eigenvalue weighted by Gasteiger charge is 2.33. The number of nitrogens with zero attached hydrogens (tertiary/aromatic N) is 2. The Morgan fingerprint density at radius 1 is 1.67 bits per heavy atom. The van der Waals surface area contributed by atoms with Crippen LogP contribution in [0.4, 0.5) is 0 Å². The standard InChI is InChI=1S/C9H12ClN3OS/c10-8-6(3-14)2-12-9(13-8)15-4-5-1-7(5)11/h2,5,7,14H,1,3-4,11H2. The molecule has 4 nitrogen and oxygen atoms in total. The lowest BCUT2D eigenvalue weighted by Crippen LogP contribution is -2.03. The van der Waals surface area contributed by atoms with Crippen LogP contribution >= 0.6 is 23.4 Å². The van der Waals surface area contributed by atoms with Gasteiger partial charge in [-0.25, -0.2) is 9.97 Å². The van der Waals surface area contributed by atoms with Crippen LogP contribution in [0.25, 0.3) is 0 Å². The summed E-state index contributed by atoms with van der Waals surface area (Å²) in [5.74, 6) is 1.53. The Kier molecular flexibility index (Phi) is 3.45. The summed E-state index contributed by atoms with van der Waals surface area (Å²) in [6.45, 7) is -0.128. The van der Waals surface area contributed by atoms with Crippen LogP contribution in [-0.2, 0) is 6.61 Å². The molecule has 1 heterocycles. The van der Waals surface area contributed by atoms with E-state index in [1.54, 1.807) is 18.0 Å². The maximum absolute atomic E-state index is 8.88. The monoisotopic (exact) mass is 245 g/mol. The molecular formula is C9H12ClN3OS. The largest absolute Gasteiger partial charge is 0.392 e. The molecule has 0 saturated heterocycles. The minimum Gasteiger partial charge on any atom is -0.392 e. The van der Waals surface area contributed by atoms with Gasteiger partial charge in [0.05, 0.1) is 6.61 Å². The SMILES string of the molecule is NC1CC1CSc1ncc(CO)c(Cl)n1. The van der Waals surface area contributed by atoms with Crippen molar-refractivity contribution in [3.8, 4) is 0 Å². The molecule has 3 N–H and O–H groups in total. The van der Waals surface area contributed by atoms with Gasteiger partial charge in [0.1, 0.15) is 5.15 Å². The van der Waals surface area contributed by atoms with Gasteiger partial charge in [-0.2, -0.15) is 0 Å². The average Bonchev–Trinajstić information content (AvgIpc) is 2.92. The molecular weight excluding hydrogens is 234 g/mol. The van der Waals surface area contributed by atoms with E-state index in [9.17, 15) is 0 Å². The molecule has 1 saturated carbocycles. The first-order valence-corrected chi connectivity index (χ1v) is 6.07. The van der Waals surface area contributed by atoms with Crippen molar-refractivity contribution in [3.63, 3.8) is 0 Å². The molecule has 1 aromatic heterocycles. The van der Waals surface area contributed by atoms with Crippen molar-refractivity contribution in [2.75, 3.05) is 5.75 Å². The summed E-state index contributed by atoms with van der Waals surface area (Å²) in [4.78, 5) is 8.19. The number of halogens is 1. The van der Waals surface area contributed by atoms with Crippen LogP contribution in [0.1, 0.15) is 12.0 Å². The molecule has 1 aliphatic rings. The molecule has 15 heavy (non-hydrogen) atoms. The third kappa shape index (κ3) is 2.81. The quantitative estimate of drug-likeness (QED) is 0.472. The van der Waals surface area contributed by atoms with E-state index in [0.29, 0.717) is 27.8 Å². The number of nitrogens with two attached hydrogens (primary N) is 1.